The molecular formula is C16H25NO4. The summed E-state index contributed by atoms with van der Waals surface area (Å²) in [5, 5.41) is 8.75. The Morgan fingerprint density at radius 2 is 1.76 bits per heavy atom. The van der Waals surface area contributed by atoms with Crippen LogP contribution in [0.5, 0.6) is 0 Å². The van der Waals surface area contributed by atoms with Crippen LogP contribution < -0.4 is 5.73 Å². The smallest absolute Gasteiger partial charge is 0.320 e. The van der Waals surface area contributed by atoms with E-state index in [1.165, 1.54) is 5.56 Å². The molecule has 1 heterocycles. The van der Waals surface area contributed by atoms with Crippen molar-refractivity contribution < 1.29 is 19.4 Å². The van der Waals surface area contributed by atoms with E-state index in [1.807, 2.05) is 38.1 Å². The van der Waals surface area contributed by atoms with Crippen molar-refractivity contribution in [2.24, 2.45) is 5.73 Å². The number of aryl methyl sites for hydroxylation is 1. The van der Waals surface area contributed by atoms with Crippen molar-refractivity contribution in [1.82, 2.24) is 0 Å². The molecule has 0 radical (unpaired) electrons. The molecule has 0 aromatic heterocycles. The van der Waals surface area contributed by atoms with Gasteiger partial charge in [-0.3, -0.25) is 4.79 Å². The van der Waals surface area contributed by atoms with Gasteiger partial charge in [0.2, 0.25) is 0 Å². The van der Waals surface area contributed by atoms with Crippen molar-refractivity contribution in [3.05, 3.63) is 35.4 Å². The second-order valence-corrected chi connectivity index (χ2v) is 4.68. The van der Waals surface area contributed by atoms with E-state index in [-0.39, 0.29) is 6.29 Å². The molecule has 0 amide bonds. The average molecular weight is 295 g/mol. The van der Waals surface area contributed by atoms with Crippen molar-refractivity contribution in [3.8, 4) is 0 Å². The van der Waals surface area contributed by atoms with Crippen molar-refractivity contribution in [2.75, 3.05) is 13.2 Å². The maximum absolute atomic E-state index is 10.7. The van der Waals surface area contributed by atoms with Crippen LogP contribution in [0.25, 0.3) is 0 Å². The van der Waals surface area contributed by atoms with Crippen molar-refractivity contribution in [1.29, 1.82) is 0 Å². The molecule has 0 aliphatic carbocycles. The lowest BCUT2D eigenvalue weighted by Gasteiger charge is -2.10. The average Bonchev–Trinajstić information content (AvgIpc) is 3.02. The van der Waals surface area contributed by atoms with E-state index in [9.17, 15) is 4.79 Å². The predicted molar refractivity (Wildman–Crippen MR) is 81.1 cm³/mol. The van der Waals surface area contributed by atoms with Crippen LogP contribution in [-0.2, 0) is 27.1 Å². The van der Waals surface area contributed by atoms with Gasteiger partial charge in [-0.2, -0.15) is 0 Å². The Balaban J connectivity index is 0.00000106. The first-order valence-electron chi connectivity index (χ1n) is 7.44. The summed E-state index contributed by atoms with van der Waals surface area (Å²) in [6.45, 7) is 5.35. The maximum atomic E-state index is 10.7. The van der Waals surface area contributed by atoms with Crippen molar-refractivity contribution >= 4 is 5.97 Å². The largest absolute Gasteiger partial charge is 0.480 e. The molecule has 1 fully saturated rings. The van der Waals surface area contributed by atoms with Crippen LogP contribution in [0.3, 0.4) is 0 Å². The lowest BCUT2D eigenvalue weighted by atomic mass is 10.0. The van der Waals surface area contributed by atoms with Gasteiger partial charge in [0.25, 0.3) is 0 Å². The molecule has 1 aliphatic rings. The number of carboxylic acids is 1. The fourth-order valence-corrected chi connectivity index (χ4v) is 2.04. The van der Waals surface area contributed by atoms with E-state index in [0.717, 1.165) is 18.4 Å². The summed E-state index contributed by atoms with van der Waals surface area (Å²) < 4.78 is 10.7. The minimum absolute atomic E-state index is 0.0832. The van der Waals surface area contributed by atoms with E-state index in [4.69, 9.17) is 20.3 Å². The number of rotatable bonds is 6. The molecule has 1 atom stereocenters. The van der Waals surface area contributed by atoms with Gasteiger partial charge >= 0.3 is 5.97 Å². The molecular weight excluding hydrogens is 270 g/mol. The summed E-state index contributed by atoms with van der Waals surface area (Å²) in [6, 6.07) is 7.01. The molecule has 0 spiro atoms. The van der Waals surface area contributed by atoms with Gasteiger partial charge in [0.1, 0.15) is 6.04 Å². The Kier molecular flexibility index (Phi) is 7.97. The first-order valence-corrected chi connectivity index (χ1v) is 7.44. The minimum atomic E-state index is -0.973. The first-order chi connectivity index (χ1) is 10.1. The number of nitrogens with two attached hydrogens (primary N) is 1. The summed E-state index contributed by atoms with van der Waals surface area (Å²) >= 11 is 0. The fourth-order valence-electron chi connectivity index (χ4n) is 2.04. The zero-order chi connectivity index (χ0) is 15.7. The molecule has 1 aromatic rings. The fraction of sp³-hybridized carbons (Fsp3) is 0.562. The third kappa shape index (κ3) is 6.25. The van der Waals surface area contributed by atoms with Gasteiger partial charge in [0.05, 0.1) is 13.2 Å². The third-order valence-corrected chi connectivity index (χ3v) is 3.16. The highest BCUT2D eigenvalue weighted by molar-refractivity contribution is 5.73. The van der Waals surface area contributed by atoms with E-state index in [0.29, 0.717) is 19.6 Å². The molecule has 0 bridgehead atoms. The summed E-state index contributed by atoms with van der Waals surface area (Å²) in [5.41, 5.74) is 7.62. The summed E-state index contributed by atoms with van der Waals surface area (Å²) in [4.78, 5) is 10.7. The maximum Gasteiger partial charge on any atom is 0.320 e. The Labute approximate surface area is 126 Å². The van der Waals surface area contributed by atoms with E-state index in [2.05, 4.69) is 0 Å². The highest BCUT2D eigenvalue weighted by Gasteiger charge is 2.15. The first kappa shape index (κ1) is 17.6. The van der Waals surface area contributed by atoms with Crippen LogP contribution in [0.2, 0.25) is 0 Å². The molecule has 1 unspecified atom stereocenters. The zero-order valence-corrected chi connectivity index (χ0v) is 12.7. The van der Waals surface area contributed by atoms with Crippen LogP contribution in [0.1, 0.15) is 31.4 Å². The standard InChI is InChI=1S/C14H19NO4.C2H6/c15-12(14(16)17)9-11-3-1-10(2-4-11)5-6-13-18-7-8-19-13;1-2/h1-4,12-13H,5-9,15H2,(H,16,17);1-2H3. The van der Waals surface area contributed by atoms with Gasteiger partial charge in [-0.1, -0.05) is 38.1 Å². The quantitative estimate of drug-likeness (QED) is 0.838. The zero-order valence-electron chi connectivity index (χ0n) is 12.7. The Morgan fingerprint density at radius 3 is 2.29 bits per heavy atom. The minimum Gasteiger partial charge on any atom is -0.480 e. The van der Waals surface area contributed by atoms with Gasteiger partial charge < -0.3 is 20.3 Å². The summed E-state index contributed by atoms with van der Waals surface area (Å²) in [7, 11) is 0. The number of hydrogen-bond acceptors (Lipinski definition) is 4. The number of benzene rings is 1. The second-order valence-electron chi connectivity index (χ2n) is 4.68. The highest BCUT2D eigenvalue weighted by atomic mass is 16.7. The van der Waals surface area contributed by atoms with Crippen molar-refractivity contribution in [2.45, 2.75) is 45.4 Å². The molecule has 2 rings (SSSR count). The predicted octanol–water partition coefficient (Wildman–Crippen LogP) is 1.97. The van der Waals surface area contributed by atoms with Gasteiger partial charge in [0.15, 0.2) is 6.29 Å². The number of ether oxygens (including phenoxy) is 2. The molecule has 0 saturated carbocycles. The van der Waals surface area contributed by atoms with Gasteiger partial charge in [-0.15, -0.1) is 0 Å². The van der Waals surface area contributed by atoms with Gasteiger partial charge in [0, 0.05) is 6.42 Å². The van der Waals surface area contributed by atoms with Crippen LogP contribution in [-0.4, -0.2) is 36.6 Å². The molecule has 5 nitrogen and oxygen atoms in total. The summed E-state index contributed by atoms with van der Waals surface area (Å²) in [5.74, 6) is -0.973. The Morgan fingerprint density at radius 1 is 1.24 bits per heavy atom. The molecule has 1 saturated heterocycles. The van der Waals surface area contributed by atoms with Crippen LogP contribution in [0, 0.1) is 0 Å². The number of hydrogen-bond donors (Lipinski definition) is 2. The van der Waals surface area contributed by atoms with E-state index < -0.39 is 12.0 Å². The molecule has 5 heteroatoms. The molecule has 1 aliphatic heterocycles. The van der Waals surface area contributed by atoms with Gasteiger partial charge in [-0.05, 0) is 24.0 Å². The van der Waals surface area contributed by atoms with Crippen LogP contribution in [0.4, 0.5) is 0 Å². The van der Waals surface area contributed by atoms with E-state index >= 15 is 0 Å². The highest BCUT2D eigenvalue weighted by Crippen LogP contribution is 2.13. The van der Waals surface area contributed by atoms with Crippen LogP contribution in [0.15, 0.2) is 24.3 Å². The molecule has 3 N–H and O–H groups in total. The number of carboxylic acid groups (broad SMARTS) is 1. The molecule has 1 aromatic carbocycles. The second kappa shape index (κ2) is 9.50. The van der Waals surface area contributed by atoms with Crippen molar-refractivity contribution in [3.63, 3.8) is 0 Å². The van der Waals surface area contributed by atoms with Gasteiger partial charge in [-0.25, -0.2) is 0 Å². The topological polar surface area (TPSA) is 81.8 Å². The molecule has 21 heavy (non-hydrogen) atoms. The Bertz CT molecular complexity index is 413. The molecule has 118 valence electrons. The van der Waals surface area contributed by atoms with Crippen LogP contribution >= 0.6 is 0 Å². The lowest BCUT2D eigenvalue weighted by molar-refractivity contribution is -0.138. The summed E-state index contributed by atoms with van der Waals surface area (Å²) in [6.07, 6.45) is 1.99. The third-order valence-electron chi connectivity index (χ3n) is 3.16. The Hall–Kier alpha value is -1.43. The monoisotopic (exact) mass is 295 g/mol. The normalized spacial score (nSPS) is 16.1. The van der Waals surface area contributed by atoms with E-state index in [1.54, 1.807) is 0 Å². The lowest BCUT2D eigenvalue weighted by Crippen LogP contribution is -2.32. The SMILES string of the molecule is CC.NC(Cc1ccc(CCC2OCCO2)cc1)C(=O)O. The number of carbonyl (C=O) groups is 1. The number of aliphatic carboxylic acids is 1.